The quantitative estimate of drug-likeness (QED) is 0.134. The van der Waals surface area contributed by atoms with E-state index in [0.717, 1.165) is 42.7 Å². The molecule has 2 fully saturated rings. The first-order chi connectivity index (χ1) is 18.7. The van der Waals surface area contributed by atoms with Crippen LogP contribution < -0.4 is 0 Å². The maximum Gasteiger partial charge on any atom is 0.490 e. The molecule has 0 amide bonds. The Morgan fingerprint density at radius 3 is 2.41 bits per heavy atom. The first-order valence-electron chi connectivity index (χ1n) is 13.8. The van der Waals surface area contributed by atoms with E-state index in [1.54, 1.807) is 11.8 Å². The standard InChI is InChI=1S/C29H37F3NO5S/c1-2-33(17-10-20-39-24-13-7-4-8-14-24)18-16-23(21-33)37-26(34)28(25-15-9-19-36-25,22-11-5-3-6-12-22)38-27(35)29(30,31)32/h4,7-9,13-15,19,22-23H,2-3,5-6,10-12,16-18,20-21H2,1H3/q+1/t23-,28-,33?/m1/s1. The molecule has 0 bridgehead atoms. The lowest BCUT2D eigenvalue weighted by atomic mass is 9.75. The highest BCUT2D eigenvalue weighted by Gasteiger charge is 2.59. The van der Waals surface area contributed by atoms with Crippen molar-refractivity contribution < 1.29 is 41.1 Å². The topological polar surface area (TPSA) is 65.7 Å². The van der Waals surface area contributed by atoms with Gasteiger partial charge in [-0.2, -0.15) is 13.2 Å². The number of quaternary nitrogens is 1. The van der Waals surface area contributed by atoms with Gasteiger partial charge in [0.25, 0.3) is 5.60 Å². The lowest BCUT2D eigenvalue weighted by Gasteiger charge is -2.39. The summed E-state index contributed by atoms with van der Waals surface area (Å²) in [6.07, 6.45) is 0.285. The average Bonchev–Trinajstić information content (AvgIpc) is 3.61. The number of carbonyl (C=O) groups is 2. The van der Waals surface area contributed by atoms with Crippen LogP contribution in [0, 0.1) is 5.92 Å². The molecule has 4 rings (SSSR count). The third-order valence-electron chi connectivity index (χ3n) is 8.11. The van der Waals surface area contributed by atoms with Crippen molar-refractivity contribution in [3.63, 3.8) is 0 Å². The van der Waals surface area contributed by atoms with Gasteiger partial charge in [-0.15, -0.1) is 11.8 Å². The van der Waals surface area contributed by atoms with Crippen molar-refractivity contribution in [2.75, 3.05) is 31.9 Å². The number of hydrogen-bond donors (Lipinski definition) is 0. The van der Waals surface area contributed by atoms with Crippen molar-refractivity contribution in [1.29, 1.82) is 0 Å². The average molecular weight is 569 g/mol. The molecule has 0 radical (unpaired) electrons. The SMILES string of the molecule is CC[N+]1(CCCSc2ccccc2)CC[C@@H](OC(=O)[C@](OC(=O)C(F)(F)F)(c2ccco2)C2CCCCC2)C1. The molecule has 6 nitrogen and oxygen atoms in total. The summed E-state index contributed by atoms with van der Waals surface area (Å²) < 4.78 is 57.5. The predicted molar refractivity (Wildman–Crippen MR) is 141 cm³/mol. The molecule has 0 N–H and O–H groups in total. The zero-order chi connectivity index (χ0) is 27.9. The van der Waals surface area contributed by atoms with Crippen molar-refractivity contribution >= 4 is 23.7 Å². The van der Waals surface area contributed by atoms with Crippen LogP contribution in [-0.2, 0) is 24.7 Å². The Labute approximate surface area is 231 Å². The molecule has 1 unspecified atom stereocenters. The Kier molecular flexibility index (Phi) is 9.69. The van der Waals surface area contributed by atoms with E-state index in [1.807, 2.05) is 18.2 Å². The van der Waals surface area contributed by atoms with Crippen LogP contribution >= 0.6 is 11.8 Å². The molecule has 1 saturated carbocycles. The molecule has 214 valence electrons. The van der Waals surface area contributed by atoms with E-state index in [0.29, 0.717) is 38.6 Å². The highest BCUT2D eigenvalue weighted by Crippen LogP contribution is 2.45. The van der Waals surface area contributed by atoms with E-state index in [9.17, 15) is 22.8 Å². The highest BCUT2D eigenvalue weighted by molar-refractivity contribution is 7.99. The van der Waals surface area contributed by atoms with Gasteiger partial charge in [0, 0.05) is 29.4 Å². The molecular weight excluding hydrogens is 531 g/mol. The van der Waals surface area contributed by atoms with Crippen LogP contribution in [-0.4, -0.2) is 60.6 Å². The van der Waals surface area contributed by atoms with E-state index in [-0.39, 0.29) is 5.76 Å². The number of ether oxygens (including phenoxy) is 2. The molecule has 2 aliphatic rings. The maximum absolute atomic E-state index is 13.9. The largest absolute Gasteiger partial charge is 0.490 e. The summed E-state index contributed by atoms with van der Waals surface area (Å²) >= 11 is 1.80. The summed E-state index contributed by atoms with van der Waals surface area (Å²) in [4.78, 5) is 27.2. The highest BCUT2D eigenvalue weighted by atomic mass is 32.2. The minimum atomic E-state index is -5.26. The lowest BCUT2D eigenvalue weighted by molar-refractivity contribution is -0.916. The minimum absolute atomic E-state index is 0.121. The number of benzene rings is 1. The summed E-state index contributed by atoms with van der Waals surface area (Å²) in [5, 5.41) is 0. The van der Waals surface area contributed by atoms with E-state index in [1.165, 1.54) is 23.3 Å². The van der Waals surface area contributed by atoms with Crippen LogP contribution in [0.1, 0.15) is 57.6 Å². The summed E-state index contributed by atoms with van der Waals surface area (Å²) in [5.74, 6) is -3.21. The Morgan fingerprint density at radius 2 is 1.77 bits per heavy atom. The number of rotatable bonds is 11. The van der Waals surface area contributed by atoms with Crippen LogP contribution in [0.3, 0.4) is 0 Å². The van der Waals surface area contributed by atoms with Gasteiger partial charge in [0.2, 0.25) is 0 Å². The van der Waals surface area contributed by atoms with E-state index < -0.39 is 35.7 Å². The number of halogens is 3. The van der Waals surface area contributed by atoms with Crippen LogP contribution in [0.2, 0.25) is 0 Å². The van der Waals surface area contributed by atoms with Gasteiger partial charge in [-0.05, 0) is 44.0 Å². The zero-order valence-electron chi connectivity index (χ0n) is 22.3. The number of hydrogen-bond acceptors (Lipinski definition) is 6. The molecule has 10 heteroatoms. The Balaban J connectivity index is 1.48. The number of furan rings is 1. The van der Waals surface area contributed by atoms with Crippen molar-refractivity contribution in [2.45, 2.75) is 74.6 Å². The van der Waals surface area contributed by atoms with Crippen LogP contribution in [0.4, 0.5) is 13.2 Å². The fourth-order valence-corrected chi connectivity index (χ4v) is 6.83. The number of likely N-dealkylation sites (N-methyl/N-ethyl adjacent to an activating group) is 1. The second-order valence-electron chi connectivity index (χ2n) is 10.6. The molecule has 2 heterocycles. The molecule has 1 aliphatic heterocycles. The molecule has 1 aromatic carbocycles. The van der Waals surface area contributed by atoms with E-state index in [2.05, 4.69) is 19.1 Å². The third-order valence-corrected chi connectivity index (χ3v) is 9.20. The molecule has 2 aromatic rings. The number of esters is 2. The minimum Gasteiger partial charge on any atom is -0.464 e. The summed E-state index contributed by atoms with van der Waals surface area (Å²) in [6.45, 7) is 5.27. The number of likely N-dealkylation sites (tertiary alicyclic amines) is 1. The first kappa shape index (κ1) is 29.5. The summed E-state index contributed by atoms with van der Waals surface area (Å²) in [7, 11) is 0. The third kappa shape index (κ3) is 7.01. The molecule has 1 aromatic heterocycles. The van der Waals surface area contributed by atoms with Gasteiger partial charge in [0.15, 0.2) is 11.9 Å². The lowest BCUT2D eigenvalue weighted by Crippen LogP contribution is -2.52. The van der Waals surface area contributed by atoms with Crippen LogP contribution in [0.15, 0.2) is 58.0 Å². The van der Waals surface area contributed by atoms with Gasteiger partial charge < -0.3 is 18.4 Å². The van der Waals surface area contributed by atoms with E-state index in [4.69, 9.17) is 13.9 Å². The van der Waals surface area contributed by atoms with Gasteiger partial charge in [-0.1, -0.05) is 37.5 Å². The smallest absolute Gasteiger partial charge is 0.464 e. The van der Waals surface area contributed by atoms with Gasteiger partial charge >= 0.3 is 18.1 Å². The number of carbonyl (C=O) groups excluding carboxylic acids is 2. The van der Waals surface area contributed by atoms with Crippen molar-refractivity contribution in [1.82, 2.24) is 0 Å². The fourth-order valence-electron chi connectivity index (χ4n) is 5.97. The van der Waals surface area contributed by atoms with Gasteiger partial charge in [0.1, 0.15) is 6.54 Å². The van der Waals surface area contributed by atoms with E-state index >= 15 is 0 Å². The van der Waals surface area contributed by atoms with Crippen LogP contribution in [0.5, 0.6) is 0 Å². The van der Waals surface area contributed by atoms with Gasteiger partial charge in [0.05, 0.1) is 25.9 Å². The molecular formula is C29H37F3NO5S+. The normalized spacial score (nSPS) is 23.7. The fraction of sp³-hybridized carbons (Fsp3) is 0.586. The van der Waals surface area contributed by atoms with Gasteiger partial charge in [-0.3, -0.25) is 0 Å². The molecule has 0 spiro atoms. The second-order valence-corrected chi connectivity index (χ2v) is 11.7. The Hall–Kier alpha value is -2.46. The monoisotopic (exact) mass is 568 g/mol. The summed E-state index contributed by atoms with van der Waals surface area (Å²) in [6, 6.07) is 13.1. The second kappa shape index (κ2) is 12.8. The Bertz CT molecular complexity index is 1070. The molecule has 1 saturated heterocycles. The predicted octanol–water partition coefficient (Wildman–Crippen LogP) is 6.50. The molecule has 1 aliphatic carbocycles. The van der Waals surface area contributed by atoms with Crippen molar-refractivity contribution in [2.24, 2.45) is 5.92 Å². The van der Waals surface area contributed by atoms with Gasteiger partial charge in [-0.25, -0.2) is 9.59 Å². The van der Waals surface area contributed by atoms with Crippen molar-refractivity contribution in [3.05, 3.63) is 54.5 Å². The maximum atomic E-state index is 13.9. The van der Waals surface area contributed by atoms with Crippen molar-refractivity contribution in [3.8, 4) is 0 Å². The summed E-state index contributed by atoms with van der Waals surface area (Å²) in [5.41, 5.74) is -2.27. The number of thioether (sulfide) groups is 1. The first-order valence-corrected chi connectivity index (χ1v) is 14.8. The molecule has 39 heavy (non-hydrogen) atoms. The Morgan fingerprint density at radius 1 is 1.03 bits per heavy atom. The zero-order valence-corrected chi connectivity index (χ0v) is 23.1. The molecule has 3 atom stereocenters. The van der Waals surface area contributed by atoms with Crippen LogP contribution in [0.25, 0.3) is 0 Å². The number of alkyl halides is 3. The number of nitrogens with zero attached hydrogens (tertiary/aromatic N) is 1.